The highest BCUT2D eigenvalue weighted by molar-refractivity contribution is 5.27. The molecule has 0 radical (unpaired) electrons. The van der Waals surface area contributed by atoms with Crippen molar-refractivity contribution in [1.29, 1.82) is 0 Å². The van der Waals surface area contributed by atoms with Crippen LogP contribution >= 0.6 is 0 Å². The first-order valence-corrected chi connectivity index (χ1v) is 14.4. The molecule has 2 aromatic rings. The molecule has 0 fully saturated rings. The second-order valence-corrected chi connectivity index (χ2v) is 9.88. The Morgan fingerprint density at radius 2 is 1.25 bits per heavy atom. The third-order valence-corrected chi connectivity index (χ3v) is 6.72. The molecular formula is C31H49NO4. The van der Waals surface area contributed by atoms with Gasteiger partial charge in [0.05, 0.1) is 19.3 Å². The van der Waals surface area contributed by atoms with Crippen molar-refractivity contribution >= 4 is 0 Å². The Bertz CT molecular complexity index is 849. The fourth-order valence-electron chi connectivity index (χ4n) is 4.57. The molecule has 0 spiro atoms. The summed E-state index contributed by atoms with van der Waals surface area (Å²) < 4.78 is 12.9. The first-order chi connectivity index (χ1) is 17.7. The topological polar surface area (TPSA) is 60.7 Å². The van der Waals surface area contributed by atoms with E-state index in [1.54, 1.807) is 10.8 Å². The third-order valence-electron chi connectivity index (χ3n) is 6.72. The van der Waals surface area contributed by atoms with Crippen LogP contribution in [0.2, 0.25) is 0 Å². The number of aliphatic hydroxyl groups excluding tert-OH is 1. The van der Waals surface area contributed by atoms with Crippen LogP contribution < -0.4 is 14.9 Å². The van der Waals surface area contributed by atoms with Gasteiger partial charge in [-0.2, -0.15) is 0 Å². The van der Waals surface area contributed by atoms with Crippen molar-refractivity contribution < 1.29 is 14.6 Å². The lowest BCUT2D eigenvalue weighted by Gasteiger charge is -2.15. The average molecular weight is 500 g/mol. The Balaban J connectivity index is 1.54. The molecule has 202 valence electrons. The smallest absolute Gasteiger partial charge is 0.227 e. The van der Waals surface area contributed by atoms with E-state index in [0.717, 1.165) is 18.4 Å². The number of rotatable bonds is 22. The van der Waals surface area contributed by atoms with Gasteiger partial charge in [0.2, 0.25) is 11.3 Å². The van der Waals surface area contributed by atoms with E-state index in [0.29, 0.717) is 24.8 Å². The standard InChI is InChI=1S/C31H49NO4/c1-2-3-4-5-6-7-8-9-10-11-12-13-14-15-16-20-23-35-30-26-32(25-28-21-18-17-19-22-28)31(36-27-33)24-29(30)34/h17-19,21-22,24,26,33H,2-16,20,23,25,27H2,1H3. The lowest BCUT2D eigenvalue weighted by Crippen LogP contribution is -2.16. The molecular weight excluding hydrogens is 450 g/mol. The summed E-state index contributed by atoms with van der Waals surface area (Å²) in [7, 11) is 0. The molecule has 36 heavy (non-hydrogen) atoms. The lowest BCUT2D eigenvalue weighted by atomic mass is 10.0. The van der Waals surface area contributed by atoms with E-state index >= 15 is 0 Å². The molecule has 5 nitrogen and oxygen atoms in total. The number of benzene rings is 1. The number of hydrogen-bond acceptors (Lipinski definition) is 4. The minimum Gasteiger partial charge on any atom is -0.488 e. The maximum Gasteiger partial charge on any atom is 0.227 e. The fraction of sp³-hybridized carbons (Fsp3) is 0.645. The molecule has 2 rings (SSSR count). The summed E-state index contributed by atoms with van der Waals surface area (Å²) in [4.78, 5) is 12.4. The van der Waals surface area contributed by atoms with Crippen molar-refractivity contribution in [2.24, 2.45) is 0 Å². The molecule has 5 heteroatoms. The molecule has 0 saturated carbocycles. The Hall–Kier alpha value is -2.27. The highest BCUT2D eigenvalue weighted by Gasteiger charge is 2.10. The van der Waals surface area contributed by atoms with Crippen LogP contribution in [0.15, 0.2) is 47.4 Å². The Kier molecular flexibility index (Phi) is 16.5. The van der Waals surface area contributed by atoms with Gasteiger partial charge in [0.25, 0.3) is 0 Å². The number of aliphatic hydroxyl groups is 1. The number of aromatic nitrogens is 1. The van der Waals surface area contributed by atoms with E-state index in [2.05, 4.69) is 6.92 Å². The van der Waals surface area contributed by atoms with Gasteiger partial charge < -0.3 is 19.1 Å². The van der Waals surface area contributed by atoms with Crippen LogP contribution in [0.1, 0.15) is 115 Å². The van der Waals surface area contributed by atoms with Crippen molar-refractivity contribution in [3.63, 3.8) is 0 Å². The van der Waals surface area contributed by atoms with Crippen LogP contribution in [-0.4, -0.2) is 23.1 Å². The number of ether oxygens (including phenoxy) is 2. The van der Waals surface area contributed by atoms with Crippen molar-refractivity contribution in [2.75, 3.05) is 13.4 Å². The fourth-order valence-corrected chi connectivity index (χ4v) is 4.57. The van der Waals surface area contributed by atoms with Crippen molar-refractivity contribution in [3.05, 3.63) is 58.4 Å². The largest absolute Gasteiger partial charge is 0.488 e. The normalized spacial score (nSPS) is 11.1. The minimum atomic E-state index is -0.479. The van der Waals surface area contributed by atoms with Gasteiger partial charge in [-0.1, -0.05) is 134 Å². The molecule has 0 aliphatic heterocycles. The summed E-state index contributed by atoms with van der Waals surface area (Å²) in [5.41, 5.74) is 0.854. The van der Waals surface area contributed by atoms with Crippen LogP contribution in [0.5, 0.6) is 11.6 Å². The molecule has 1 aromatic carbocycles. The molecule has 0 amide bonds. The quantitative estimate of drug-likeness (QED) is 0.132. The first-order valence-electron chi connectivity index (χ1n) is 14.4. The van der Waals surface area contributed by atoms with Gasteiger partial charge in [-0.05, 0) is 12.0 Å². The van der Waals surface area contributed by atoms with Crippen molar-refractivity contribution in [3.8, 4) is 11.6 Å². The molecule has 0 bridgehead atoms. The minimum absolute atomic E-state index is 0.223. The predicted octanol–water partition coefficient (Wildman–Crippen LogP) is 7.87. The number of pyridine rings is 1. The zero-order chi connectivity index (χ0) is 25.7. The molecule has 0 aliphatic rings. The van der Waals surface area contributed by atoms with Crippen LogP contribution in [0.3, 0.4) is 0 Å². The van der Waals surface area contributed by atoms with E-state index in [1.807, 2.05) is 30.3 Å². The number of hydrogen-bond donors (Lipinski definition) is 1. The second kappa shape index (κ2) is 19.9. The summed E-state index contributed by atoms with van der Waals surface area (Å²) in [6.07, 6.45) is 23.0. The van der Waals surface area contributed by atoms with Gasteiger partial charge in [-0.15, -0.1) is 0 Å². The van der Waals surface area contributed by atoms with Crippen molar-refractivity contribution in [2.45, 2.75) is 116 Å². The van der Waals surface area contributed by atoms with E-state index in [9.17, 15) is 4.79 Å². The van der Waals surface area contributed by atoms with Crippen LogP contribution in [0.25, 0.3) is 0 Å². The maximum atomic E-state index is 12.4. The third kappa shape index (κ3) is 13.2. The zero-order valence-electron chi connectivity index (χ0n) is 22.6. The molecule has 1 N–H and O–H groups in total. The van der Waals surface area contributed by atoms with Gasteiger partial charge in [-0.25, -0.2) is 0 Å². The van der Waals surface area contributed by atoms with Crippen molar-refractivity contribution in [1.82, 2.24) is 4.57 Å². The van der Waals surface area contributed by atoms with Crippen LogP contribution in [-0.2, 0) is 6.54 Å². The maximum absolute atomic E-state index is 12.4. The number of unbranched alkanes of at least 4 members (excludes halogenated alkanes) is 15. The predicted molar refractivity (Wildman–Crippen MR) is 149 cm³/mol. The summed E-state index contributed by atoms with van der Waals surface area (Å²) in [6.45, 7) is 2.87. The van der Waals surface area contributed by atoms with E-state index in [1.165, 1.54) is 96.0 Å². The van der Waals surface area contributed by atoms with E-state index in [4.69, 9.17) is 14.6 Å². The highest BCUT2D eigenvalue weighted by Crippen LogP contribution is 2.17. The van der Waals surface area contributed by atoms with E-state index in [-0.39, 0.29) is 5.43 Å². The SMILES string of the molecule is CCCCCCCCCCCCCCCCCCOc1cn(Cc2ccccc2)c(OCO)cc1=O. The summed E-state index contributed by atoms with van der Waals surface area (Å²) in [5, 5.41) is 9.17. The van der Waals surface area contributed by atoms with Gasteiger partial charge in [0.1, 0.15) is 0 Å². The Morgan fingerprint density at radius 3 is 1.78 bits per heavy atom. The molecule has 0 atom stereocenters. The van der Waals surface area contributed by atoms with Gasteiger partial charge in [0.15, 0.2) is 12.5 Å². The molecule has 0 unspecified atom stereocenters. The zero-order valence-corrected chi connectivity index (χ0v) is 22.6. The molecule has 1 heterocycles. The summed E-state index contributed by atoms with van der Waals surface area (Å²) in [5.74, 6) is 0.665. The molecule has 1 aromatic heterocycles. The Labute approximate surface area is 218 Å². The Morgan fingerprint density at radius 1 is 0.722 bits per heavy atom. The number of nitrogens with zero attached hydrogens (tertiary/aromatic N) is 1. The van der Waals surface area contributed by atoms with Crippen LogP contribution in [0, 0.1) is 0 Å². The summed E-state index contributed by atoms with van der Waals surface area (Å²) >= 11 is 0. The van der Waals surface area contributed by atoms with E-state index < -0.39 is 6.79 Å². The van der Waals surface area contributed by atoms with Crippen LogP contribution in [0.4, 0.5) is 0 Å². The molecule has 0 aliphatic carbocycles. The molecule has 0 saturated heterocycles. The summed E-state index contributed by atoms with van der Waals surface area (Å²) in [6, 6.07) is 11.3. The van der Waals surface area contributed by atoms with Gasteiger partial charge in [-0.3, -0.25) is 4.79 Å². The first kappa shape index (κ1) is 30.0. The monoisotopic (exact) mass is 499 g/mol. The lowest BCUT2D eigenvalue weighted by molar-refractivity contribution is 0.0893. The highest BCUT2D eigenvalue weighted by atomic mass is 16.6. The van der Waals surface area contributed by atoms with Gasteiger partial charge >= 0.3 is 0 Å². The van der Waals surface area contributed by atoms with Gasteiger partial charge in [0, 0.05) is 6.07 Å². The second-order valence-electron chi connectivity index (χ2n) is 9.88. The average Bonchev–Trinajstić information content (AvgIpc) is 2.89.